The summed E-state index contributed by atoms with van der Waals surface area (Å²) in [5.74, 6) is 0. The number of nitrogens with one attached hydrogen (secondary N) is 1. The Hall–Kier alpha value is -5.09. The van der Waals surface area contributed by atoms with E-state index in [2.05, 4.69) is 11.9 Å². The predicted molar refractivity (Wildman–Crippen MR) is 206 cm³/mol. The molecule has 0 bridgehead atoms. The molecule has 0 aliphatic rings. The van der Waals surface area contributed by atoms with E-state index in [0.29, 0.717) is 13.0 Å². The van der Waals surface area contributed by atoms with E-state index in [1.165, 1.54) is 0 Å². The maximum absolute atomic E-state index is 13.4. The zero-order chi connectivity index (χ0) is 36.9. The smallest absolute Gasteiger partial charge is 0.407 e. The van der Waals surface area contributed by atoms with Crippen LogP contribution in [0.1, 0.15) is 34.2 Å². The molecule has 0 saturated heterocycles. The second kappa shape index (κ2) is 22.1. The van der Waals surface area contributed by atoms with Gasteiger partial charge in [0.25, 0.3) is 0 Å². The Kier molecular flexibility index (Phi) is 16.3. The number of carbonyl (C=O) groups excluding carboxylic acids is 1. The Morgan fingerprint density at radius 1 is 0.566 bits per heavy atom. The van der Waals surface area contributed by atoms with E-state index in [1.807, 2.05) is 152 Å². The van der Waals surface area contributed by atoms with Gasteiger partial charge in [0.15, 0.2) is 0 Å². The summed E-state index contributed by atoms with van der Waals surface area (Å²) in [5, 5.41) is 15.4. The molecule has 8 nitrogen and oxygen atoms in total. The van der Waals surface area contributed by atoms with E-state index in [9.17, 15) is 9.90 Å². The number of aliphatic hydroxyl groups is 1. The molecule has 2 N–H and O–H groups in total. The molecule has 0 saturated carbocycles. The van der Waals surface area contributed by atoms with Crippen LogP contribution < -0.4 is 5.32 Å². The fourth-order valence-electron chi connectivity index (χ4n) is 5.83. The average Bonchev–Trinajstić information content (AvgIpc) is 3.21. The first kappa shape index (κ1) is 39.1. The molecule has 5 aromatic carbocycles. The number of amides is 1. The largest absolute Gasteiger partial charge is 0.445 e. The lowest BCUT2D eigenvalue weighted by atomic mass is 9.95. The first-order valence-corrected chi connectivity index (χ1v) is 17.9. The van der Waals surface area contributed by atoms with E-state index in [4.69, 9.17) is 23.7 Å². The van der Waals surface area contributed by atoms with Gasteiger partial charge in [-0.25, -0.2) is 4.79 Å². The SMILES string of the molecule is C=CC[C@@H](NC(=O)OCc1ccccc1)[C@H](OCc1ccccc1)[C@@H](OCc1ccccc1)[C@H](O)[C@@H](COCc1ccccc1)OCc1ccccc1. The summed E-state index contributed by atoms with van der Waals surface area (Å²) in [6, 6.07) is 47.8. The van der Waals surface area contributed by atoms with E-state index in [0.717, 1.165) is 27.8 Å². The van der Waals surface area contributed by atoms with Gasteiger partial charge in [-0.2, -0.15) is 0 Å². The highest BCUT2D eigenvalue weighted by molar-refractivity contribution is 5.67. The number of hydrogen-bond donors (Lipinski definition) is 2. The van der Waals surface area contributed by atoms with Gasteiger partial charge in [-0.15, -0.1) is 6.58 Å². The number of hydrogen-bond acceptors (Lipinski definition) is 7. The first-order chi connectivity index (χ1) is 26.1. The summed E-state index contributed by atoms with van der Waals surface area (Å²) >= 11 is 0. The Balaban J connectivity index is 1.44. The van der Waals surface area contributed by atoms with Crippen LogP contribution in [0.5, 0.6) is 0 Å². The summed E-state index contributed by atoms with van der Waals surface area (Å²) < 4.78 is 31.5. The van der Waals surface area contributed by atoms with Gasteiger partial charge < -0.3 is 34.1 Å². The molecule has 5 aromatic rings. The van der Waals surface area contributed by atoms with Crippen LogP contribution >= 0.6 is 0 Å². The van der Waals surface area contributed by atoms with Gasteiger partial charge in [0.2, 0.25) is 0 Å². The monoisotopic (exact) mass is 715 g/mol. The van der Waals surface area contributed by atoms with Crippen LogP contribution in [0.2, 0.25) is 0 Å². The molecule has 0 aromatic heterocycles. The fourth-order valence-corrected chi connectivity index (χ4v) is 5.83. The highest BCUT2D eigenvalue weighted by atomic mass is 16.6. The molecule has 0 fully saturated rings. The highest BCUT2D eigenvalue weighted by Crippen LogP contribution is 2.24. The predicted octanol–water partition coefficient (Wildman–Crippen LogP) is 8.19. The van der Waals surface area contributed by atoms with Crippen molar-refractivity contribution >= 4 is 6.09 Å². The van der Waals surface area contributed by atoms with Crippen molar-refractivity contribution in [2.24, 2.45) is 0 Å². The van der Waals surface area contributed by atoms with E-state index in [1.54, 1.807) is 6.08 Å². The molecular formula is C45H49NO7. The lowest BCUT2D eigenvalue weighted by molar-refractivity contribution is -0.185. The number of carbonyl (C=O) groups is 1. The third kappa shape index (κ3) is 13.4. The summed E-state index contributed by atoms with van der Waals surface area (Å²) in [6.07, 6.45) is -2.60. The molecule has 0 spiro atoms. The maximum Gasteiger partial charge on any atom is 0.407 e. The van der Waals surface area contributed by atoms with Crippen molar-refractivity contribution in [3.8, 4) is 0 Å². The van der Waals surface area contributed by atoms with Crippen LogP contribution in [-0.2, 0) is 56.7 Å². The molecule has 8 heteroatoms. The van der Waals surface area contributed by atoms with Crippen molar-refractivity contribution in [1.82, 2.24) is 5.32 Å². The van der Waals surface area contributed by atoms with Crippen molar-refractivity contribution in [2.75, 3.05) is 6.61 Å². The van der Waals surface area contributed by atoms with Gasteiger partial charge >= 0.3 is 6.09 Å². The normalized spacial score (nSPS) is 14.0. The number of rotatable bonds is 22. The van der Waals surface area contributed by atoms with Gasteiger partial charge in [-0.3, -0.25) is 0 Å². The molecule has 0 unspecified atom stereocenters. The van der Waals surface area contributed by atoms with Crippen molar-refractivity contribution < 1.29 is 33.6 Å². The molecular weight excluding hydrogens is 666 g/mol. The van der Waals surface area contributed by atoms with Gasteiger partial charge in [0.1, 0.15) is 31.0 Å². The summed E-state index contributed by atoms with van der Waals surface area (Å²) in [4.78, 5) is 13.4. The lowest BCUT2D eigenvalue weighted by Crippen LogP contribution is -2.57. The molecule has 276 valence electrons. The van der Waals surface area contributed by atoms with Crippen LogP contribution in [0.4, 0.5) is 4.79 Å². The van der Waals surface area contributed by atoms with Crippen molar-refractivity contribution in [3.05, 3.63) is 192 Å². The van der Waals surface area contributed by atoms with Gasteiger partial charge in [0.05, 0.1) is 39.1 Å². The Morgan fingerprint density at radius 3 is 1.42 bits per heavy atom. The zero-order valence-corrected chi connectivity index (χ0v) is 30.0. The van der Waals surface area contributed by atoms with Gasteiger partial charge in [0, 0.05) is 0 Å². The van der Waals surface area contributed by atoms with Crippen LogP contribution in [0.25, 0.3) is 0 Å². The highest BCUT2D eigenvalue weighted by Gasteiger charge is 2.41. The van der Waals surface area contributed by atoms with Gasteiger partial charge in [-0.05, 0) is 34.2 Å². The van der Waals surface area contributed by atoms with Crippen LogP contribution in [0, 0.1) is 0 Å². The number of ether oxygens (including phenoxy) is 5. The third-order valence-corrected chi connectivity index (χ3v) is 8.65. The lowest BCUT2D eigenvalue weighted by Gasteiger charge is -2.38. The Bertz CT molecular complexity index is 1730. The van der Waals surface area contributed by atoms with Crippen molar-refractivity contribution in [3.63, 3.8) is 0 Å². The van der Waals surface area contributed by atoms with E-state index in [-0.39, 0.29) is 33.0 Å². The molecule has 53 heavy (non-hydrogen) atoms. The minimum absolute atomic E-state index is 0.0676. The van der Waals surface area contributed by atoms with E-state index < -0.39 is 36.6 Å². The number of aliphatic hydroxyl groups excluding tert-OH is 1. The molecule has 0 aliphatic carbocycles. The molecule has 5 atom stereocenters. The molecule has 0 aliphatic heterocycles. The van der Waals surface area contributed by atoms with Gasteiger partial charge in [-0.1, -0.05) is 158 Å². The summed E-state index contributed by atoms with van der Waals surface area (Å²) in [5.41, 5.74) is 4.62. The number of alkyl carbamates (subject to hydrolysis) is 1. The second-order valence-electron chi connectivity index (χ2n) is 12.7. The Labute approximate surface area is 313 Å². The standard InChI is InChI=1S/C45H49NO7/c1-2-18-40(46-45(48)53-33-39-27-16-7-17-28-39)43(51-31-37-23-12-5-13-24-37)44(52-32-38-25-14-6-15-26-38)42(47)41(50-30-36-21-10-4-11-22-36)34-49-29-35-19-8-3-9-20-35/h2-17,19-28,40-44,47H,1,18,29-34H2,(H,46,48)/t40-,41-,42-,43+,44+/m1/s1. The fraction of sp³-hybridized carbons (Fsp3) is 0.267. The zero-order valence-electron chi connectivity index (χ0n) is 30.0. The second-order valence-corrected chi connectivity index (χ2v) is 12.7. The van der Waals surface area contributed by atoms with E-state index >= 15 is 0 Å². The van der Waals surface area contributed by atoms with Crippen molar-refractivity contribution in [1.29, 1.82) is 0 Å². The Morgan fingerprint density at radius 2 is 0.962 bits per heavy atom. The average molecular weight is 716 g/mol. The topological polar surface area (TPSA) is 95.5 Å². The summed E-state index contributed by atoms with van der Waals surface area (Å²) in [7, 11) is 0. The third-order valence-electron chi connectivity index (χ3n) is 8.65. The van der Waals surface area contributed by atoms with Crippen molar-refractivity contribution in [2.45, 2.75) is 69.9 Å². The summed E-state index contributed by atoms with van der Waals surface area (Å²) in [6.45, 7) is 5.06. The molecule has 0 radical (unpaired) electrons. The molecule has 5 rings (SSSR count). The quantitative estimate of drug-likeness (QED) is 0.0698. The van der Waals surface area contributed by atoms with Crippen LogP contribution in [0.15, 0.2) is 164 Å². The van der Waals surface area contributed by atoms with Crippen LogP contribution in [-0.4, -0.2) is 48.3 Å². The van der Waals surface area contributed by atoms with Crippen LogP contribution in [0.3, 0.4) is 0 Å². The first-order valence-electron chi connectivity index (χ1n) is 17.9. The minimum Gasteiger partial charge on any atom is -0.445 e. The number of benzene rings is 5. The molecule has 0 heterocycles. The molecule has 1 amide bonds. The maximum atomic E-state index is 13.4. The minimum atomic E-state index is -1.26.